The molecular weight excluding hydrogens is 578 g/mol. The molecule has 4 heterocycles. The zero-order valence-electron chi connectivity index (χ0n) is 24.7. The van der Waals surface area contributed by atoms with Crippen LogP contribution in [0.1, 0.15) is 39.3 Å². The number of imidazole rings is 2. The van der Waals surface area contributed by atoms with Crippen molar-refractivity contribution in [3.8, 4) is 16.8 Å². The highest BCUT2D eigenvalue weighted by molar-refractivity contribution is 5.96. The quantitative estimate of drug-likeness (QED) is 0.240. The van der Waals surface area contributed by atoms with Gasteiger partial charge in [-0.05, 0) is 41.8 Å². The van der Waals surface area contributed by atoms with E-state index in [4.69, 9.17) is 0 Å². The Kier molecular flexibility index (Phi) is 8.00. The predicted molar refractivity (Wildman–Crippen MR) is 164 cm³/mol. The van der Waals surface area contributed by atoms with Gasteiger partial charge in [0.05, 0.1) is 37.1 Å². The van der Waals surface area contributed by atoms with Crippen LogP contribution in [0.2, 0.25) is 0 Å². The average molecular weight is 610 g/mol. The Bertz CT molecular complexity index is 1960. The summed E-state index contributed by atoms with van der Waals surface area (Å²) in [5.74, 6) is -1.62. The molecule has 1 aliphatic rings. The van der Waals surface area contributed by atoms with Crippen molar-refractivity contribution < 1.29 is 24.2 Å². The minimum absolute atomic E-state index is 0.0563. The monoisotopic (exact) mass is 609 g/mol. The molecule has 6 rings (SSSR count). The summed E-state index contributed by atoms with van der Waals surface area (Å²) in [6.07, 6.45) is 1.96. The number of amides is 1. The number of carbonyl (C=O) groups is 3. The third kappa shape index (κ3) is 5.72. The van der Waals surface area contributed by atoms with Crippen molar-refractivity contribution in [2.45, 2.75) is 19.0 Å². The second kappa shape index (κ2) is 12.2. The third-order valence-corrected chi connectivity index (χ3v) is 8.09. The summed E-state index contributed by atoms with van der Waals surface area (Å²) < 4.78 is 9.37. The molecule has 1 saturated heterocycles. The molecule has 1 amide bonds. The van der Waals surface area contributed by atoms with E-state index in [-0.39, 0.29) is 29.7 Å². The predicted octanol–water partition coefficient (Wildman–Crippen LogP) is 2.64. The molecule has 5 aromatic rings. The van der Waals surface area contributed by atoms with Gasteiger partial charge >= 0.3 is 17.6 Å². The van der Waals surface area contributed by atoms with Crippen LogP contribution in [0.5, 0.6) is 0 Å². The van der Waals surface area contributed by atoms with Gasteiger partial charge in [0, 0.05) is 20.1 Å². The number of carboxylic acid groups (broad SMARTS) is 1. The SMILES string of the molecule is COC(=O)CNC(=O)c1ccc2c(n1)n([C@H]1CCN(Cc3ncc(C(=O)O)n3C)C1)c(=O)n2-c1ccc(-c2ccccc2)cc1. The van der Waals surface area contributed by atoms with Gasteiger partial charge in [-0.1, -0.05) is 42.5 Å². The molecule has 2 aromatic carbocycles. The number of pyridine rings is 1. The van der Waals surface area contributed by atoms with Crippen LogP contribution in [0.4, 0.5) is 0 Å². The lowest BCUT2D eigenvalue weighted by Gasteiger charge is -2.16. The lowest BCUT2D eigenvalue weighted by atomic mass is 10.1. The number of aromatic nitrogens is 5. The molecule has 0 bridgehead atoms. The molecule has 0 unspecified atom stereocenters. The molecule has 2 N–H and O–H groups in total. The van der Waals surface area contributed by atoms with Crippen molar-refractivity contribution >= 4 is 29.0 Å². The minimum Gasteiger partial charge on any atom is -0.477 e. The van der Waals surface area contributed by atoms with E-state index < -0.39 is 17.8 Å². The van der Waals surface area contributed by atoms with Gasteiger partial charge < -0.3 is 19.7 Å². The van der Waals surface area contributed by atoms with Gasteiger partial charge in [0.25, 0.3) is 5.91 Å². The first kappa shape index (κ1) is 29.5. The lowest BCUT2D eigenvalue weighted by Crippen LogP contribution is -2.31. The number of benzene rings is 2. The van der Waals surface area contributed by atoms with Crippen molar-refractivity contribution in [2.75, 3.05) is 26.7 Å². The van der Waals surface area contributed by atoms with E-state index in [0.29, 0.717) is 48.7 Å². The van der Waals surface area contributed by atoms with Crippen LogP contribution < -0.4 is 11.0 Å². The van der Waals surface area contributed by atoms with E-state index in [1.165, 1.54) is 19.4 Å². The normalized spacial score (nSPS) is 14.9. The highest BCUT2D eigenvalue weighted by Gasteiger charge is 2.30. The van der Waals surface area contributed by atoms with E-state index in [9.17, 15) is 24.3 Å². The fourth-order valence-corrected chi connectivity index (χ4v) is 5.71. The van der Waals surface area contributed by atoms with Crippen molar-refractivity contribution in [2.24, 2.45) is 7.05 Å². The van der Waals surface area contributed by atoms with Crippen LogP contribution in [0, 0.1) is 0 Å². The smallest absolute Gasteiger partial charge is 0.354 e. The van der Waals surface area contributed by atoms with Crippen molar-refractivity contribution in [1.29, 1.82) is 0 Å². The van der Waals surface area contributed by atoms with E-state index >= 15 is 0 Å². The number of carboxylic acids is 1. The maximum absolute atomic E-state index is 14.2. The zero-order chi connectivity index (χ0) is 31.7. The van der Waals surface area contributed by atoms with Crippen LogP contribution in [0.15, 0.2) is 77.7 Å². The number of fused-ring (bicyclic) bond motifs is 1. The molecule has 0 saturated carbocycles. The molecule has 1 fully saturated rings. The number of rotatable bonds is 9. The Labute approximate surface area is 257 Å². The van der Waals surface area contributed by atoms with E-state index in [2.05, 4.69) is 24.9 Å². The summed E-state index contributed by atoms with van der Waals surface area (Å²) in [6, 6.07) is 20.5. The molecule has 3 aromatic heterocycles. The van der Waals surface area contributed by atoms with Crippen LogP contribution in [-0.4, -0.2) is 78.3 Å². The topological polar surface area (TPSA) is 154 Å². The van der Waals surface area contributed by atoms with Crippen molar-refractivity contribution in [1.82, 2.24) is 33.9 Å². The van der Waals surface area contributed by atoms with Crippen LogP contribution >= 0.6 is 0 Å². The van der Waals surface area contributed by atoms with Crippen LogP contribution in [0.25, 0.3) is 28.0 Å². The second-order valence-electron chi connectivity index (χ2n) is 10.8. The fourth-order valence-electron chi connectivity index (χ4n) is 5.71. The lowest BCUT2D eigenvalue weighted by molar-refractivity contribution is -0.139. The number of ether oxygens (including phenoxy) is 1. The number of esters is 1. The summed E-state index contributed by atoms with van der Waals surface area (Å²) in [6.45, 7) is 1.22. The van der Waals surface area contributed by atoms with E-state index in [1.54, 1.807) is 26.8 Å². The number of likely N-dealkylation sites (tertiary alicyclic amines) is 1. The number of nitrogens with zero attached hydrogens (tertiary/aromatic N) is 6. The van der Waals surface area contributed by atoms with Gasteiger partial charge in [0.15, 0.2) is 5.65 Å². The van der Waals surface area contributed by atoms with Crippen LogP contribution in [0.3, 0.4) is 0 Å². The van der Waals surface area contributed by atoms with Gasteiger partial charge in [-0.25, -0.2) is 19.6 Å². The van der Waals surface area contributed by atoms with Crippen molar-refractivity contribution in [3.63, 3.8) is 0 Å². The second-order valence-corrected chi connectivity index (χ2v) is 10.8. The molecule has 0 radical (unpaired) electrons. The molecule has 1 atom stereocenters. The first-order valence-corrected chi connectivity index (χ1v) is 14.4. The first-order valence-electron chi connectivity index (χ1n) is 14.4. The standard InChI is InChI=1S/C32H31N7O6/c1-36-26(31(42)43)16-33-27(36)19-37-15-14-23(18-37)39-29-25(13-12-24(35-29)30(41)34-17-28(40)45-2)38(32(39)44)22-10-8-21(9-11-22)20-6-4-3-5-7-20/h3-13,16,23H,14-15,17-19H2,1-2H3,(H,34,41)(H,42,43)/t23-/m0/s1. The zero-order valence-corrected chi connectivity index (χ0v) is 24.7. The molecule has 45 heavy (non-hydrogen) atoms. The summed E-state index contributed by atoms with van der Waals surface area (Å²) >= 11 is 0. The number of carbonyl (C=O) groups excluding carboxylic acids is 2. The highest BCUT2D eigenvalue weighted by atomic mass is 16.5. The summed E-state index contributed by atoms with van der Waals surface area (Å²) in [4.78, 5) is 61.1. The van der Waals surface area contributed by atoms with Gasteiger partial charge in [-0.3, -0.25) is 23.6 Å². The number of hydrogen-bond acceptors (Lipinski definition) is 8. The maximum atomic E-state index is 14.2. The largest absolute Gasteiger partial charge is 0.477 e. The average Bonchev–Trinajstić information content (AvgIpc) is 3.75. The molecule has 1 aliphatic heterocycles. The third-order valence-electron chi connectivity index (χ3n) is 8.09. The molecule has 230 valence electrons. The van der Waals surface area contributed by atoms with Gasteiger partial charge in [0.1, 0.15) is 23.8 Å². The maximum Gasteiger partial charge on any atom is 0.354 e. The molecule has 0 aliphatic carbocycles. The summed E-state index contributed by atoms with van der Waals surface area (Å²) in [5, 5.41) is 11.9. The highest BCUT2D eigenvalue weighted by Crippen LogP contribution is 2.28. The fraction of sp³-hybridized carbons (Fsp3) is 0.250. The Hall–Kier alpha value is -5.56. The molecular formula is C32H31N7O6. The Morgan fingerprint density at radius 2 is 1.76 bits per heavy atom. The minimum atomic E-state index is -1.05. The number of hydrogen-bond donors (Lipinski definition) is 2. The molecule has 13 heteroatoms. The van der Waals surface area contributed by atoms with Gasteiger partial charge in [0.2, 0.25) is 0 Å². The van der Waals surface area contributed by atoms with Crippen molar-refractivity contribution in [3.05, 3.63) is 101 Å². The molecule has 0 spiro atoms. The van der Waals surface area contributed by atoms with E-state index in [0.717, 1.165) is 11.1 Å². The van der Waals surface area contributed by atoms with E-state index in [1.807, 2.05) is 54.6 Å². The Balaban J connectivity index is 1.36. The Morgan fingerprint density at radius 1 is 1.02 bits per heavy atom. The summed E-state index contributed by atoms with van der Waals surface area (Å²) in [7, 11) is 2.90. The first-order chi connectivity index (χ1) is 21.7. The number of methoxy groups -OCH3 is 1. The van der Waals surface area contributed by atoms with Crippen LogP contribution in [-0.2, 0) is 23.1 Å². The summed E-state index contributed by atoms with van der Waals surface area (Å²) in [5.41, 5.74) is 3.44. The van der Waals surface area contributed by atoms with Gasteiger partial charge in [-0.2, -0.15) is 0 Å². The number of aromatic carboxylic acids is 1. The van der Waals surface area contributed by atoms with Gasteiger partial charge in [-0.15, -0.1) is 0 Å². The Morgan fingerprint density at radius 3 is 2.44 bits per heavy atom. The molecule has 13 nitrogen and oxygen atoms in total. The number of nitrogens with one attached hydrogen (secondary N) is 1.